The van der Waals surface area contributed by atoms with Crippen LogP contribution in [0.15, 0.2) is 40.8 Å². The molecule has 0 aliphatic heterocycles. The van der Waals surface area contributed by atoms with E-state index in [-0.39, 0.29) is 5.82 Å². The Hall–Kier alpha value is -1.26. The maximum atomic E-state index is 12.7. The van der Waals surface area contributed by atoms with Gasteiger partial charge < -0.3 is 9.73 Å². The highest BCUT2D eigenvalue weighted by molar-refractivity contribution is 7.97. The summed E-state index contributed by atoms with van der Waals surface area (Å²) >= 11 is 1.74. The van der Waals surface area contributed by atoms with Crippen LogP contribution in [0.1, 0.15) is 17.1 Å². The minimum atomic E-state index is -0.202. The van der Waals surface area contributed by atoms with Crippen LogP contribution < -0.4 is 5.32 Å². The normalized spacial score (nSPS) is 10.8. The molecule has 1 aromatic carbocycles. The summed E-state index contributed by atoms with van der Waals surface area (Å²) < 4.78 is 18.3. The maximum absolute atomic E-state index is 12.7. The van der Waals surface area contributed by atoms with Crippen molar-refractivity contribution < 1.29 is 8.81 Å². The summed E-state index contributed by atoms with van der Waals surface area (Å²) in [4.78, 5) is 0. The standard InChI is InChI=1S/C14H16FNOS/c1-18-10-14-7-6-13(17-14)9-16-8-11-2-4-12(15)5-3-11/h2-7,16H,8-10H2,1H3. The molecule has 0 aliphatic rings. The summed E-state index contributed by atoms with van der Waals surface area (Å²) in [5.74, 6) is 2.63. The van der Waals surface area contributed by atoms with Crippen molar-refractivity contribution in [3.8, 4) is 0 Å². The van der Waals surface area contributed by atoms with Crippen molar-refractivity contribution in [2.24, 2.45) is 0 Å². The first-order valence-corrected chi connectivity index (χ1v) is 7.19. The molecule has 2 aromatic rings. The fraction of sp³-hybridized carbons (Fsp3) is 0.286. The molecule has 1 N–H and O–H groups in total. The van der Waals surface area contributed by atoms with Crippen LogP contribution in [0.5, 0.6) is 0 Å². The average molecular weight is 265 g/mol. The average Bonchev–Trinajstić information content (AvgIpc) is 2.80. The molecule has 2 nitrogen and oxygen atoms in total. The van der Waals surface area contributed by atoms with E-state index >= 15 is 0 Å². The molecule has 0 bridgehead atoms. The van der Waals surface area contributed by atoms with E-state index in [4.69, 9.17) is 4.42 Å². The quantitative estimate of drug-likeness (QED) is 0.864. The molecule has 0 spiro atoms. The summed E-state index contributed by atoms with van der Waals surface area (Å²) in [5, 5.41) is 3.27. The van der Waals surface area contributed by atoms with Gasteiger partial charge in [0.1, 0.15) is 17.3 Å². The molecule has 0 unspecified atom stereocenters. The second-order valence-electron chi connectivity index (χ2n) is 4.03. The molecule has 96 valence electrons. The van der Waals surface area contributed by atoms with E-state index in [1.807, 2.05) is 12.1 Å². The zero-order valence-electron chi connectivity index (χ0n) is 10.3. The minimum Gasteiger partial charge on any atom is -0.464 e. The van der Waals surface area contributed by atoms with E-state index in [2.05, 4.69) is 11.6 Å². The molecule has 0 fully saturated rings. The number of benzene rings is 1. The Morgan fingerprint density at radius 1 is 1.06 bits per heavy atom. The van der Waals surface area contributed by atoms with E-state index in [0.29, 0.717) is 13.1 Å². The highest BCUT2D eigenvalue weighted by Gasteiger charge is 2.01. The van der Waals surface area contributed by atoms with Gasteiger partial charge in [-0.3, -0.25) is 0 Å². The lowest BCUT2D eigenvalue weighted by atomic mass is 10.2. The lowest BCUT2D eigenvalue weighted by Crippen LogP contribution is -2.12. The summed E-state index contributed by atoms with van der Waals surface area (Å²) in [6.07, 6.45) is 2.05. The monoisotopic (exact) mass is 265 g/mol. The predicted molar refractivity (Wildman–Crippen MR) is 72.9 cm³/mol. The summed E-state index contributed by atoms with van der Waals surface area (Å²) in [7, 11) is 0. The van der Waals surface area contributed by atoms with Crippen LogP contribution in [-0.2, 0) is 18.8 Å². The van der Waals surface area contributed by atoms with Crippen molar-refractivity contribution in [2.75, 3.05) is 6.26 Å². The molecular weight excluding hydrogens is 249 g/mol. The van der Waals surface area contributed by atoms with Crippen LogP contribution >= 0.6 is 11.8 Å². The summed E-state index contributed by atoms with van der Waals surface area (Å²) in [6, 6.07) is 10.5. The second kappa shape index (κ2) is 6.61. The molecule has 0 saturated carbocycles. The van der Waals surface area contributed by atoms with E-state index in [9.17, 15) is 4.39 Å². The summed E-state index contributed by atoms with van der Waals surface area (Å²) in [6.45, 7) is 1.39. The molecular formula is C14H16FNOS. The van der Waals surface area contributed by atoms with Crippen LogP contribution in [-0.4, -0.2) is 6.26 Å². The Kier molecular flexibility index (Phi) is 4.84. The van der Waals surface area contributed by atoms with Crippen molar-refractivity contribution in [2.45, 2.75) is 18.8 Å². The van der Waals surface area contributed by atoms with Crippen molar-refractivity contribution in [1.82, 2.24) is 5.32 Å². The first-order valence-electron chi connectivity index (χ1n) is 5.79. The van der Waals surface area contributed by atoms with Crippen molar-refractivity contribution in [3.63, 3.8) is 0 Å². The van der Waals surface area contributed by atoms with Gasteiger partial charge in [-0.1, -0.05) is 12.1 Å². The lowest BCUT2D eigenvalue weighted by molar-refractivity contribution is 0.459. The Morgan fingerprint density at radius 2 is 1.78 bits per heavy atom. The predicted octanol–water partition coefficient (Wildman–Crippen LogP) is 3.57. The van der Waals surface area contributed by atoms with Gasteiger partial charge in [0.2, 0.25) is 0 Å². The van der Waals surface area contributed by atoms with E-state index in [0.717, 1.165) is 22.8 Å². The van der Waals surface area contributed by atoms with Crippen LogP contribution in [0.25, 0.3) is 0 Å². The highest BCUT2D eigenvalue weighted by atomic mass is 32.2. The summed E-state index contributed by atoms with van der Waals surface area (Å²) in [5.41, 5.74) is 1.06. The van der Waals surface area contributed by atoms with E-state index in [1.165, 1.54) is 12.1 Å². The number of hydrogen-bond donors (Lipinski definition) is 1. The molecule has 0 atom stereocenters. The third-order valence-corrected chi connectivity index (χ3v) is 3.12. The van der Waals surface area contributed by atoms with Crippen LogP contribution in [0.4, 0.5) is 4.39 Å². The molecule has 0 amide bonds. The molecule has 1 aromatic heterocycles. The van der Waals surface area contributed by atoms with Crippen molar-refractivity contribution in [3.05, 3.63) is 59.3 Å². The van der Waals surface area contributed by atoms with Gasteiger partial charge in [0.15, 0.2) is 0 Å². The van der Waals surface area contributed by atoms with Crippen LogP contribution in [0.3, 0.4) is 0 Å². The van der Waals surface area contributed by atoms with Gasteiger partial charge in [-0.15, -0.1) is 0 Å². The number of thioether (sulfide) groups is 1. The van der Waals surface area contributed by atoms with Gasteiger partial charge in [-0.2, -0.15) is 11.8 Å². The molecule has 18 heavy (non-hydrogen) atoms. The lowest BCUT2D eigenvalue weighted by Gasteiger charge is -2.03. The zero-order valence-corrected chi connectivity index (χ0v) is 11.1. The molecule has 0 saturated heterocycles. The topological polar surface area (TPSA) is 25.2 Å². The molecule has 0 aliphatic carbocycles. The smallest absolute Gasteiger partial charge is 0.123 e. The van der Waals surface area contributed by atoms with Gasteiger partial charge in [-0.25, -0.2) is 4.39 Å². The van der Waals surface area contributed by atoms with Crippen LogP contribution in [0, 0.1) is 5.82 Å². The van der Waals surface area contributed by atoms with Gasteiger partial charge >= 0.3 is 0 Å². The second-order valence-corrected chi connectivity index (χ2v) is 4.90. The van der Waals surface area contributed by atoms with Gasteiger partial charge in [0.25, 0.3) is 0 Å². The Balaban J connectivity index is 1.79. The molecule has 4 heteroatoms. The fourth-order valence-electron chi connectivity index (χ4n) is 1.67. The number of rotatable bonds is 6. The third-order valence-electron chi connectivity index (χ3n) is 2.55. The number of nitrogens with one attached hydrogen (secondary N) is 1. The van der Waals surface area contributed by atoms with E-state index in [1.54, 1.807) is 23.9 Å². The Labute approximate surface area is 111 Å². The van der Waals surface area contributed by atoms with Gasteiger partial charge in [-0.05, 0) is 36.1 Å². The van der Waals surface area contributed by atoms with E-state index < -0.39 is 0 Å². The highest BCUT2D eigenvalue weighted by Crippen LogP contribution is 2.13. The number of furan rings is 1. The maximum Gasteiger partial charge on any atom is 0.123 e. The Morgan fingerprint density at radius 3 is 2.50 bits per heavy atom. The number of hydrogen-bond acceptors (Lipinski definition) is 3. The number of halogens is 1. The van der Waals surface area contributed by atoms with Crippen molar-refractivity contribution >= 4 is 11.8 Å². The van der Waals surface area contributed by atoms with Crippen LogP contribution in [0.2, 0.25) is 0 Å². The molecule has 1 heterocycles. The van der Waals surface area contributed by atoms with Gasteiger partial charge in [0.05, 0.1) is 12.3 Å². The first-order chi connectivity index (χ1) is 8.78. The first kappa shape index (κ1) is 13.2. The zero-order chi connectivity index (χ0) is 12.8. The fourth-order valence-corrected chi connectivity index (χ4v) is 2.11. The largest absolute Gasteiger partial charge is 0.464 e. The molecule has 0 radical (unpaired) electrons. The van der Waals surface area contributed by atoms with Crippen molar-refractivity contribution in [1.29, 1.82) is 0 Å². The molecule has 2 rings (SSSR count). The Bertz CT molecular complexity index is 481. The minimum absolute atomic E-state index is 0.202. The third kappa shape index (κ3) is 3.89. The SMILES string of the molecule is CSCc1ccc(CNCc2ccc(F)cc2)o1. The van der Waals surface area contributed by atoms with Gasteiger partial charge in [0, 0.05) is 6.54 Å².